The van der Waals surface area contributed by atoms with Gasteiger partial charge in [0, 0.05) is 54.3 Å². The van der Waals surface area contributed by atoms with E-state index in [9.17, 15) is 22.3 Å². The van der Waals surface area contributed by atoms with Crippen LogP contribution in [-0.4, -0.2) is 19.9 Å². The monoisotopic (exact) mass is 459 g/mol. The van der Waals surface area contributed by atoms with Gasteiger partial charge in [0.25, 0.3) is 5.56 Å². The standard InChI is InChI=1S/C23H22F2N2O4S/c1-3-4-16-12-23(28)27(2)14-19(16)18-11-15(9-10-26-32(29)30)5-7-21(18)31-22-8-6-17(24)13-20(22)25/h3-8,11-14,26H,9-10H2,1-2H3,(H,29,30)/p-1/b4-3+. The van der Waals surface area contributed by atoms with Crippen molar-refractivity contribution in [3.05, 3.63) is 87.9 Å². The predicted octanol–water partition coefficient (Wildman–Crippen LogP) is 4.08. The Labute approximate surface area is 186 Å². The maximum atomic E-state index is 14.2. The molecule has 1 atom stereocenters. The molecule has 0 fully saturated rings. The Balaban J connectivity index is 2.13. The second-order valence-electron chi connectivity index (χ2n) is 6.98. The van der Waals surface area contributed by atoms with Gasteiger partial charge in [0.2, 0.25) is 0 Å². The van der Waals surface area contributed by atoms with Crippen molar-refractivity contribution in [2.24, 2.45) is 7.05 Å². The average molecular weight is 459 g/mol. The number of hydrogen-bond acceptors (Lipinski definition) is 4. The molecule has 6 nitrogen and oxygen atoms in total. The zero-order valence-corrected chi connectivity index (χ0v) is 18.2. The molecular formula is C23H21F2N2O4S-. The summed E-state index contributed by atoms with van der Waals surface area (Å²) < 4.78 is 58.5. The van der Waals surface area contributed by atoms with Crippen LogP contribution < -0.4 is 15.0 Å². The quantitative estimate of drug-likeness (QED) is 0.515. The van der Waals surface area contributed by atoms with Gasteiger partial charge in [-0.1, -0.05) is 18.2 Å². The van der Waals surface area contributed by atoms with Crippen molar-refractivity contribution in [1.82, 2.24) is 9.29 Å². The summed E-state index contributed by atoms with van der Waals surface area (Å²) in [6.45, 7) is 2.01. The SMILES string of the molecule is C/C=C/c1cc(=O)n(C)cc1-c1cc(CCNS(=O)[O-])ccc1Oc1ccc(F)cc1F. The van der Waals surface area contributed by atoms with E-state index in [-0.39, 0.29) is 17.9 Å². The van der Waals surface area contributed by atoms with Crippen LogP contribution in [0.15, 0.2) is 59.5 Å². The van der Waals surface area contributed by atoms with E-state index in [1.807, 2.05) is 6.92 Å². The number of nitrogens with one attached hydrogen (secondary N) is 1. The van der Waals surface area contributed by atoms with Crippen LogP contribution in [0.4, 0.5) is 8.78 Å². The van der Waals surface area contributed by atoms with Crippen molar-refractivity contribution in [3.63, 3.8) is 0 Å². The molecule has 0 spiro atoms. The minimum absolute atomic E-state index is 0.152. The number of aryl methyl sites for hydroxylation is 1. The first-order chi connectivity index (χ1) is 15.3. The van der Waals surface area contributed by atoms with Gasteiger partial charge in [0.05, 0.1) is 0 Å². The van der Waals surface area contributed by atoms with Gasteiger partial charge in [0.1, 0.15) is 11.6 Å². The number of rotatable bonds is 8. The van der Waals surface area contributed by atoms with Gasteiger partial charge < -0.3 is 13.9 Å². The lowest BCUT2D eigenvalue weighted by Gasteiger charge is -2.16. The number of pyridine rings is 1. The maximum Gasteiger partial charge on any atom is 0.250 e. The van der Waals surface area contributed by atoms with Crippen LogP contribution in [0.3, 0.4) is 0 Å². The lowest BCUT2D eigenvalue weighted by atomic mass is 9.97. The van der Waals surface area contributed by atoms with Crippen LogP contribution in [0, 0.1) is 11.6 Å². The maximum absolute atomic E-state index is 14.2. The molecule has 2 aromatic carbocycles. The Morgan fingerprint density at radius 1 is 1.12 bits per heavy atom. The van der Waals surface area contributed by atoms with Crippen molar-refractivity contribution in [2.75, 3.05) is 6.54 Å². The largest absolute Gasteiger partial charge is 0.760 e. The molecule has 1 N–H and O–H groups in total. The second kappa shape index (κ2) is 10.4. The molecule has 0 aliphatic heterocycles. The van der Waals surface area contributed by atoms with Gasteiger partial charge in [-0.2, -0.15) is 0 Å². The summed E-state index contributed by atoms with van der Waals surface area (Å²) in [6, 6.07) is 9.65. The van der Waals surface area contributed by atoms with Gasteiger partial charge in [0.15, 0.2) is 11.6 Å². The van der Waals surface area contributed by atoms with Crippen LogP contribution in [-0.2, 0) is 24.7 Å². The molecule has 32 heavy (non-hydrogen) atoms. The Morgan fingerprint density at radius 2 is 1.88 bits per heavy atom. The van der Waals surface area contributed by atoms with E-state index < -0.39 is 22.9 Å². The van der Waals surface area contributed by atoms with Crippen molar-refractivity contribution < 1.29 is 22.3 Å². The fourth-order valence-electron chi connectivity index (χ4n) is 3.17. The molecule has 0 saturated carbocycles. The molecule has 168 valence electrons. The van der Waals surface area contributed by atoms with Crippen LogP contribution in [0.25, 0.3) is 17.2 Å². The smallest absolute Gasteiger partial charge is 0.250 e. The third-order valence-electron chi connectivity index (χ3n) is 4.69. The lowest BCUT2D eigenvalue weighted by Crippen LogP contribution is -2.19. The molecule has 0 bridgehead atoms. The molecule has 0 amide bonds. The Bertz CT molecular complexity index is 1240. The number of aromatic nitrogens is 1. The number of nitrogens with zero attached hydrogens (tertiary/aromatic N) is 1. The van der Waals surface area contributed by atoms with Crippen molar-refractivity contribution in [2.45, 2.75) is 13.3 Å². The summed E-state index contributed by atoms with van der Waals surface area (Å²) in [6.07, 6.45) is 5.61. The highest BCUT2D eigenvalue weighted by atomic mass is 32.2. The second-order valence-corrected chi connectivity index (χ2v) is 7.74. The van der Waals surface area contributed by atoms with E-state index in [1.165, 1.54) is 16.7 Å². The van der Waals surface area contributed by atoms with Crippen molar-refractivity contribution in [1.29, 1.82) is 0 Å². The van der Waals surface area contributed by atoms with Crippen molar-refractivity contribution >= 4 is 17.3 Å². The summed E-state index contributed by atoms with van der Waals surface area (Å²) in [7, 11) is 1.61. The molecule has 1 heterocycles. The number of allylic oxidation sites excluding steroid dienone is 1. The van der Waals surface area contributed by atoms with E-state index in [1.54, 1.807) is 43.6 Å². The highest BCUT2D eigenvalue weighted by Gasteiger charge is 2.15. The third-order valence-corrected chi connectivity index (χ3v) is 5.13. The molecule has 3 rings (SSSR count). The summed E-state index contributed by atoms with van der Waals surface area (Å²) in [5.41, 5.74) is 2.46. The van der Waals surface area contributed by atoms with E-state index in [0.717, 1.165) is 17.7 Å². The normalized spacial score (nSPS) is 12.3. The molecule has 0 aliphatic carbocycles. The van der Waals surface area contributed by atoms with Crippen LogP contribution in [0.1, 0.15) is 18.1 Å². The zero-order valence-electron chi connectivity index (χ0n) is 17.4. The third kappa shape index (κ3) is 5.76. The summed E-state index contributed by atoms with van der Waals surface area (Å²) in [5, 5.41) is 0. The minimum Gasteiger partial charge on any atom is -0.760 e. The first kappa shape index (κ1) is 23.5. The van der Waals surface area contributed by atoms with Gasteiger partial charge in [-0.3, -0.25) is 9.00 Å². The summed E-state index contributed by atoms with van der Waals surface area (Å²) >= 11 is -2.37. The first-order valence-corrected chi connectivity index (χ1v) is 10.8. The molecule has 0 radical (unpaired) electrons. The Morgan fingerprint density at radius 3 is 2.56 bits per heavy atom. The Kier molecular flexibility index (Phi) is 7.68. The van der Waals surface area contributed by atoms with Gasteiger partial charge >= 0.3 is 0 Å². The van der Waals surface area contributed by atoms with Crippen LogP contribution >= 0.6 is 0 Å². The number of halogens is 2. The van der Waals surface area contributed by atoms with Crippen LogP contribution in [0.5, 0.6) is 11.5 Å². The average Bonchev–Trinajstić information content (AvgIpc) is 2.73. The number of hydrogen-bond donors (Lipinski definition) is 1. The Hall–Kier alpha value is -3.14. The van der Waals surface area contributed by atoms with E-state index in [4.69, 9.17) is 4.74 Å². The summed E-state index contributed by atoms with van der Waals surface area (Å²) in [4.78, 5) is 12.2. The molecule has 1 unspecified atom stereocenters. The molecule has 9 heteroatoms. The number of ether oxygens (including phenoxy) is 1. The highest BCUT2D eigenvalue weighted by molar-refractivity contribution is 7.77. The van der Waals surface area contributed by atoms with Gasteiger partial charge in [-0.15, -0.1) is 0 Å². The topological polar surface area (TPSA) is 83.4 Å². The summed E-state index contributed by atoms with van der Waals surface area (Å²) in [5.74, 6) is -1.43. The van der Waals surface area contributed by atoms with Gasteiger partial charge in [-0.25, -0.2) is 13.5 Å². The van der Waals surface area contributed by atoms with Crippen molar-refractivity contribution in [3.8, 4) is 22.6 Å². The zero-order chi connectivity index (χ0) is 23.3. The van der Waals surface area contributed by atoms with E-state index in [2.05, 4.69) is 4.72 Å². The molecule has 0 aliphatic rings. The molecule has 0 saturated heterocycles. The van der Waals surface area contributed by atoms with E-state index in [0.29, 0.717) is 28.9 Å². The lowest BCUT2D eigenvalue weighted by molar-refractivity contribution is 0.439. The predicted molar refractivity (Wildman–Crippen MR) is 119 cm³/mol. The molecule has 1 aromatic heterocycles. The first-order valence-electron chi connectivity index (χ1n) is 9.71. The fraction of sp³-hybridized carbons (Fsp3) is 0.174. The number of benzene rings is 2. The van der Waals surface area contributed by atoms with Crippen LogP contribution in [0.2, 0.25) is 0 Å². The minimum atomic E-state index is -2.37. The van der Waals surface area contributed by atoms with Gasteiger partial charge in [-0.05, 0) is 48.7 Å². The fourth-order valence-corrected chi connectivity index (χ4v) is 3.44. The van der Waals surface area contributed by atoms with E-state index >= 15 is 0 Å². The highest BCUT2D eigenvalue weighted by Crippen LogP contribution is 2.37. The molecular weight excluding hydrogens is 438 g/mol. The molecule has 3 aromatic rings.